The monoisotopic (exact) mass is 392 g/mol. The highest BCUT2D eigenvalue weighted by molar-refractivity contribution is 7.89. The van der Waals surface area contributed by atoms with Crippen LogP contribution in [-0.4, -0.2) is 43.4 Å². The number of sulfonamides is 1. The number of hydrogen-bond acceptors (Lipinski definition) is 5. The number of carbonyl (C=O) groups excluding carboxylic acids is 1. The van der Waals surface area contributed by atoms with Crippen LogP contribution in [0.15, 0.2) is 52.0 Å². The number of aliphatic hydroxyl groups excluding tert-OH is 1. The van der Waals surface area contributed by atoms with E-state index in [0.29, 0.717) is 30.2 Å². The van der Waals surface area contributed by atoms with Crippen LogP contribution in [0.2, 0.25) is 0 Å². The number of furan rings is 1. The molecule has 3 rings (SSSR count). The van der Waals surface area contributed by atoms with Gasteiger partial charge in [0.25, 0.3) is 0 Å². The molecule has 0 aliphatic carbocycles. The quantitative estimate of drug-likeness (QED) is 0.714. The second-order valence-corrected chi connectivity index (χ2v) is 8.53. The van der Waals surface area contributed by atoms with Crippen LogP contribution < -0.4 is 5.32 Å². The van der Waals surface area contributed by atoms with Crippen LogP contribution >= 0.6 is 0 Å². The number of nitrogens with one attached hydrogen (secondary N) is 1. The van der Waals surface area contributed by atoms with E-state index in [2.05, 4.69) is 5.32 Å². The van der Waals surface area contributed by atoms with Crippen molar-refractivity contribution in [3.05, 3.63) is 54.0 Å². The van der Waals surface area contributed by atoms with Crippen LogP contribution in [0, 0.1) is 0 Å². The highest BCUT2D eigenvalue weighted by Crippen LogP contribution is 2.21. The number of nitrogens with zero attached hydrogens (tertiary/aromatic N) is 1. The summed E-state index contributed by atoms with van der Waals surface area (Å²) >= 11 is 0. The third-order valence-electron chi connectivity index (χ3n) is 4.63. The predicted octanol–water partition coefficient (Wildman–Crippen LogP) is 1.85. The predicted molar refractivity (Wildman–Crippen MR) is 99.4 cm³/mol. The maximum atomic E-state index is 12.5. The minimum Gasteiger partial charge on any atom is -0.467 e. The van der Waals surface area contributed by atoms with E-state index in [-0.39, 0.29) is 18.9 Å². The molecule has 1 amide bonds. The summed E-state index contributed by atoms with van der Waals surface area (Å²) in [6, 6.07) is 10.0. The number of amides is 1. The lowest BCUT2D eigenvalue weighted by molar-refractivity contribution is -0.121. The van der Waals surface area contributed by atoms with Crippen LogP contribution in [0.1, 0.15) is 36.7 Å². The molecule has 2 N–H and O–H groups in total. The summed E-state index contributed by atoms with van der Waals surface area (Å²) in [5.74, 6) is 0.222. The van der Waals surface area contributed by atoms with Crippen LogP contribution in [0.5, 0.6) is 0 Å². The molecule has 2 heterocycles. The molecular formula is C19H24N2O5S. The standard InChI is InChI=1S/C19H24N2O5S/c22-17(18-4-3-13-26-18)14-20-19(23)10-7-15-5-8-16(9-6-15)27(24,25)21-11-1-2-12-21/h3-6,8-9,13,17,22H,1-2,7,10-12,14H2,(H,20,23). The molecule has 0 saturated carbocycles. The molecule has 1 aliphatic heterocycles. The van der Waals surface area contributed by atoms with E-state index >= 15 is 0 Å². The maximum Gasteiger partial charge on any atom is 0.243 e. The van der Waals surface area contributed by atoms with E-state index in [1.165, 1.54) is 10.6 Å². The van der Waals surface area contributed by atoms with Gasteiger partial charge in [-0.15, -0.1) is 0 Å². The Kier molecular flexibility index (Phi) is 6.30. The Labute approximate surface area is 159 Å². The van der Waals surface area contributed by atoms with Crippen molar-refractivity contribution in [3.8, 4) is 0 Å². The van der Waals surface area contributed by atoms with E-state index in [1.807, 2.05) is 0 Å². The van der Waals surface area contributed by atoms with Crippen molar-refractivity contribution in [2.45, 2.75) is 36.7 Å². The Balaban J connectivity index is 1.47. The van der Waals surface area contributed by atoms with E-state index < -0.39 is 16.1 Å². The Morgan fingerprint density at radius 1 is 1.19 bits per heavy atom. The lowest BCUT2D eigenvalue weighted by Crippen LogP contribution is -2.28. The van der Waals surface area contributed by atoms with Crippen LogP contribution in [0.3, 0.4) is 0 Å². The normalized spacial score (nSPS) is 16.3. The average molecular weight is 392 g/mol. The van der Waals surface area contributed by atoms with Gasteiger partial charge in [-0.2, -0.15) is 4.31 Å². The van der Waals surface area contributed by atoms with E-state index in [0.717, 1.165) is 18.4 Å². The fraction of sp³-hybridized carbons (Fsp3) is 0.421. The number of rotatable bonds is 8. The number of carbonyl (C=O) groups is 1. The average Bonchev–Trinajstić information content (AvgIpc) is 3.38. The van der Waals surface area contributed by atoms with Gasteiger partial charge in [-0.25, -0.2) is 8.42 Å². The van der Waals surface area contributed by atoms with Crippen molar-refractivity contribution in [1.82, 2.24) is 9.62 Å². The van der Waals surface area contributed by atoms with Crippen molar-refractivity contribution in [3.63, 3.8) is 0 Å². The van der Waals surface area contributed by atoms with Gasteiger partial charge in [0.2, 0.25) is 15.9 Å². The van der Waals surface area contributed by atoms with E-state index in [1.54, 1.807) is 36.4 Å². The molecule has 1 unspecified atom stereocenters. The van der Waals surface area contributed by atoms with Crippen molar-refractivity contribution in [1.29, 1.82) is 0 Å². The summed E-state index contributed by atoms with van der Waals surface area (Å²) in [6.07, 6.45) is 3.14. The molecule has 0 spiro atoms. The van der Waals surface area contributed by atoms with Gasteiger partial charge >= 0.3 is 0 Å². The van der Waals surface area contributed by atoms with Crippen molar-refractivity contribution < 1.29 is 22.7 Å². The van der Waals surface area contributed by atoms with Crippen LogP contribution in [0.25, 0.3) is 0 Å². The molecule has 1 saturated heterocycles. The van der Waals surface area contributed by atoms with Gasteiger partial charge in [-0.05, 0) is 49.1 Å². The molecule has 0 bridgehead atoms. The highest BCUT2D eigenvalue weighted by Gasteiger charge is 2.26. The Morgan fingerprint density at radius 2 is 1.89 bits per heavy atom. The molecule has 1 aromatic carbocycles. The number of aliphatic hydroxyl groups is 1. The molecule has 1 aliphatic rings. The molecule has 8 heteroatoms. The molecule has 1 atom stereocenters. The molecule has 0 radical (unpaired) electrons. The van der Waals surface area contributed by atoms with Gasteiger partial charge < -0.3 is 14.8 Å². The summed E-state index contributed by atoms with van der Waals surface area (Å²) in [6.45, 7) is 1.24. The zero-order valence-electron chi connectivity index (χ0n) is 15.0. The Bertz CT molecular complexity index is 841. The number of benzene rings is 1. The van der Waals surface area contributed by atoms with Gasteiger partial charge in [-0.1, -0.05) is 12.1 Å². The molecule has 2 aromatic rings. The third-order valence-corrected chi connectivity index (χ3v) is 6.54. The van der Waals surface area contributed by atoms with Crippen LogP contribution in [0.4, 0.5) is 0 Å². The summed E-state index contributed by atoms with van der Waals surface area (Å²) in [5, 5.41) is 12.5. The maximum absolute atomic E-state index is 12.5. The van der Waals surface area contributed by atoms with E-state index in [9.17, 15) is 18.3 Å². The Hall–Kier alpha value is -2.16. The largest absolute Gasteiger partial charge is 0.467 e. The molecule has 1 aromatic heterocycles. The first-order valence-electron chi connectivity index (χ1n) is 9.04. The third kappa shape index (κ3) is 4.97. The van der Waals surface area contributed by atoms with Gasteiger partial charge in [0.05, 0.1) is 17.7 Å². The molecule has 27 heavy (non-hydrogen) atoms. The van der Waals surface area contributed by atoms with Gasteiger partial charge in [0.15, 0.2) is 0 Å². The zero-order valence-corrected chi connectivity index (χ0v) is 15.8. The Morgan fingerprint density at radius 3 is 2.52 bits per heavy atom. The first-order valence-corrected chi connectivity index (χ1v) is 10.5. The first kappa shape index (κ1) is 19.6. The SMILES string of the molecule is O=C(CCc1ccc(S(=O)(=O)N2CCCC2)cc1)NCC(O)c1ccco1. The van der Waals surface area contributed by atoms with Gasteiger partial charge in [-0.3, -0.25) is 4.79 Å². The lowest BCUT2D eigenvalue weighted by atomic mass is 10.1. The van der Waals surface area contributed by atoms with Gasteiger partial charge in [0.1, 0.15) is 11.9 Å². The minimum absolute atomic E-state index is 0.0827. The molecule has 146 valence electrons. The van der Waals surface area contributed by atoms with Crippen LogP contribution in [-0.2, 0) is 21.2 Å². The van der Waals surface area contributed by atoms with Gasteiger partial charge in [0, 0.05) is 19.5 Å². The highest BCUT2D eigenvalue weighted by atomic mass is 32.2. The smallest absolute Gasteiger partial charge is 0.243 e. The summed E-state index contributed by atoms with van der Waals surface area (Å²) in [5.41, 5.74) is 0.886. The van der Waals surface area contributed by atoms with Crippen molar-refractivity contribution in [2.75, 3.05) is 19.6 Å². The summed E-state index contributed by atoms with van der Waals surface area (Å²) in [7, 11) is -3.41. The van der Waals surface area contributed by atoms with Crippen molar-refractivity contribution in [2.24, 2.45) is 0 Å². The lowest BCUT2D eigenvalue weighted by Gasteiger charge is -2.15. The topological polar surface area (TPSA) is 99.9 Å². The summed E-state index contributed by atoms with van der Waals surface area (Å²) in [4.78, 5) is 12.2. The second-order valence-electron chi connectivity index (χ2n) is 6.59. The zero-order chi connectivity index (χ0) is 19.3. The van der Waals surface area contributed by atoms with E-state index in [4.69, 9.17) is 4.42 Å². The first-order chi connectivity index (χ1) is 13.0. The second kappa shape index (κ2) is 8.69. The molecular weight excluding hydrogens is 368 g/mol. The number of aryl methyl sites for hydroxylation is 1. The summed E-state index contributed by atoms with van der Waals surface area (Å²) < 4.78 is 31.6. The fourth-order valence-electron chi connectivity index (χ4n) is 3.04. The molecule has 1 fully saturated rings. The molecule has 7 nitrogen and oxygen atoms in total. The number of hydrogen-bond donors (Lipinski definition) is 2. The van der Waals surface area contributed by atoms with Crippen molar-refractivity contribution >= 4 is 15.9 Å². The minimum atomic E-state index is -3.41. The fourth-order valence-corrected chi connectivity index (χ4v) is 4.56.